The van der Waals surface area contributed by atoms with Gasteiger partial charge in [0, 0.05) is 20.0 Å². The van der Waals surface area contributed by atoms with Crippen LogP contribution in [-0.2, 0) is 4.79 Å². The van der Waals surface area contributed by atoms with Crippen LogP contribution >= 0.6 is 0 Å². The van der Waals surface area contributed by atoms with Crippen LogP contribution in [0.15, 0.2) is 0 Å². The Balaban J connectivity index is 0. The zero-order chi connectivity index (χ0) is 22.7. The number of hydrogen-bond acceptors (Lipinski definition) is 3. The molecule has 0 aromatic carbocycles. The summed E-state index contributed by atoms with van der Waals surface area (Å²) < 4.78 is 0. The summed E-state index contributed by atoms with van der Waals surface area (Å²) in [6.07, 6.45) is 23.2. The van der Waals surface area contributed by atoms with Gasteiger partial charge in [0.05, 0.1) is 0 Å². The Labute approximate surface area is 189 Å². The molecule has 0 saturated heterocycles. The number of nitrogens with zero attached hydrogens (tertiary/aromatic N) is 1. The van der Waals surface area contributed by atoms with Gasteiger partial charge in [-0.05, 0) is 26.1 Å². The Morgan fingerprint density at radius 1 is 0.633 bits per heavy atom. The molecule has 0 bridgehead atoms. The molecule has 0 atom stereocenters. The molecule has 2 N–H and O–H groups in total. The zero-order valence-electron chi connectivity index (χ0n) is 21.2. The van der Waals surface area contributed by atoms with Gasteiger partial charge in [-0.2, -0.15) is 0 Å². The van der Waals surface area contributed by atoms with Crippen LogP contribution in [0.25, 0.3) is 0 Å². The summed E-state index contributed by atoms with van der Waals surface area (Å²) in [5, 5.41) is 11.0. The predicted octanol–water partition coefficient (Wildman–Crippen LogP) is 7.27. The number of carbonyl (C=O) groups is 1. The van der Waals surface area contributed by atoms with Gasteiger partial charge >= 0.3 is 0 Å². The minimum absolute atomic E-state index is 0.833. The molecule has 182 valence electrons. The molecule has 0 unspecified atom stereocenters. The molecule has 4 nitrogen and oxygen atoms in total. The first-order chi connectivity index (χ1) is 14.6. The third kappa shape index (κ3) is 32.1. The van der Waals surface area contributed by atoms with Crippen molar-refractivity contribution in [2.45, 2.75) is 130 Å². The van der Waals surface area contributed by atoms with Gasteiger partial charge in [-0.3, -0.25) is 4.79 Å². The lowest BCUT2D eigenvalue weighted by molar-refractivity contribution is -0.134. The maximum atomic E-state index is 9.00. The molecule has 0 heterocycles. The first-order valence-electron chi connectivity index (χ1n) is 13.2. The summed E-state index contributed by atoms with van der Waals surface area (Å²) in [6, 6.07) is 0. The highest BCUT2D eigenvalue weighted by Crippen LogP contribution is 2.13. The fourth-order valence-corrected chi connectivity index (χ4v) is 3.70. The van der Waals surface area contributed by atoms with Crippen molar-refractivity contribution in [2.75, 3.05) is 32.7 Å². The smallest absolute Gasteiger partial charge is 0.300 e. The zero-order valence-corrected chi connectivity index (χ0v) is 21.2. The van der Waals surface area contributed by atoms with Crippen molar-refractivity contribution in [3.63, 3.8) is 0 Å². The van der Waals surface area contributed by atoms with Crippen molar-refractivity contribution in [1.29, 1.82) is 0 Å². The topological polar surface area (TPSA) is 52.6 Å². The first kappa shape index (κ1) is 31.6. The molecule has 4 heteroatoms. The van der Waals surface area contributed by atoms with E-state index in [1.807, 2.05) is 0 Å². The third-order valence-corrected chi connectivity index (χ3v) is 5.71. The molecule has 0 aromatic heterocycles. The van der Waals surface area contributed by atoms with Crippen molar-refractivity contribution in [3.8, 4) is 0 Å². The Hall–Kier alpha value is -0.610. The molecule has 0 radical (unpaired) electrons. The normalized spacial score (nSPS) is 10.8. The van der Waals surface area contributed by atoms with Gasteiger partial charge in [-0.1, -0.05) is 117 Å². The maximum Gasteiger partial charge on any atom is 0.300 e. The molecule has 0 aliphatic carbocycles. The largest absolute Gasteiger partial charge is 0.481 e. The van der Waals surface area contributed by atoms with Gasteiger partial charge in [0.25, 0.3) is 5.97 Å². The second kappa shape index (κ2) is 28.4. The molecular formula is C26H56N2O2. The molecule has 0 aliphatic heterocycles. The second-order valence-electron chi connectivity index (χ2n) is 8.60. The number of likely N-dealkylation sites (N-methyl/N-ethyl adjacent to an activating group) is 1. The van der Waals surface area contributed by atoms with Crippen LogP contribution in [0.1, 0.15) is 130 Å². The summed E-state index contributed by atoms with van der Waals surface area (Å²) >= 11 is 0. The highest BCUT2D eigenvalue weighted by atomic mass is 16.4. The number of unbranched alkanes of at least 4 members (excludes halogenated alkanes) is 15. The number of carboxylic acid groups (broad SMARTS) is 1. The van der Waals surface area contributed by atoms with Gasteiger partial charge in [-0.25, -0.2) is 0 Å². The number of carboxylic acids is 1. The minimum Gasteiger partial charge on any atom is -0.481 e. The van der Waals surface area contributed by atoms with Crippen molar-refractivity contribution >= 4 is 5.97 Å². The maximum absolute atomic E-state index is 9.00. The minimum atomic E-state index is -0.833. The van der Waals surface area contributed by atoms with Crippen molar-refractivity contribution in [1.82, 2.24) is 10.2 Å². The van der Waals surface area contributed by atoms with Crippen LogP contribution in [0, 0.1) is 0 Å². The van der Waals surface area contributed by atoms with E-state index in [0.717, 1.165) is 13.5 Å². The molecule has 0 saturated carbocycles. The van der Waals surface area contributed by atoms with E-state index >= 15 is 0 Å². The van der Waals surface area contributed by atoms with Crippen LogP contribution in [0.4, 0.5) is 0 Å². The van der Waals surface area contributed by atoms with Crippen LogP contribution in [0.3, 0.4) is 0 Å². The summed E-state index contributed by atoms with van der Waals surface area (Å²) in [5.41, 5.74) is 0. The van der Waals surface area contributed by atoms with E-state index in [1.54, 1.807) is 0 Å². The molecule has 0 amide bonds. The third-order valence-electron chi connectivity index (χ3n) is 5.71. The van der Waals surface area contributed by atoms with Crippen molar-refractivity contribution in [2.24, 2.45) is 0 Å². The summed E-state index contributed by atoms with van der Waals surface area (Å²) in [7, 11) is 0. The van der Waals surface area contributed by atoms with E-state index < -0.39 is 5.97 Å². The van der Waals surface area contributed by atoms with Gasteiger partial charge in [0.1, 0.15) is 0 Å². The molecule has 0 fully saturated rings. The first-order valence-corrected chi connectivity index (χ1v) is 13.2. The Bertz CT molecular complexity index is 316. The number of nitrogens with one attached hydrogen (secondary N) is 1. The molecule has 0 aromatic rings. The summed E-state index contributed by atoms with van der Waals surface area (Å²) in [6.45, 7) is 13.8. The highest BCUT2D eigenvalue weighted by Gasteiger charge is 1.97. The Morgan fingerprint density at radius 2 is 0.967 bits per heavy atom. The SMILES string of the molecule is CC(=O)O.CCCCCCCCCCCCCCCCCCNCCN(CC)CC. The number of hydrogen-bond donors (Lipinski definition) is 2. The summed E-state index contributed by atoms with van der Waals surface area (Å²) in [4.78, 5) is 11.5. The van der Waals surface area contributed by atoms with Crippen LogP contribution in [0.2, 0.25) is 0 Å². The average molecular weight is 429 g/mol. The lowest BCUT2D eigenvalue weighted by Gasteiger charge is -2.17. The molecule has 30 heavy (non-hydrogen) atoms. The van der Waals surface area contributed by atoms with Gasteiger partial charge in [0.2, 0.25) is 0 Å². The van der Waals surface area contributed by atoms with E-state index in [4.69, 9.17) is 9.90 Å². The molecule has 0 rings (SSSR count). The Morgan fingerprint density at radius 3 is 1.30 bits per heavy atom. The van der Waals surface area contributed by atoms with Crippen LogP contribution in [0.5, 0.6) is 0 Å². The van der Waals surface area contributed by atoms with Crippen LogP contribution in [-0.4, -0.2) is 48.7 Å². The highest BCUT2D eigenvalue weighted by molar-refractivity contribution is 5.62. The van der Waals surface area contributed by atoms with Gasteiger partial charge in [-0.15, -0.1) is 0 Å². The Kier molecular flexibility index (Phi) is 29.9. The van der Waals surface area contributed by atoms with Gasteiger partial charge in [0.15, 0.2) is 0 Å². The lowest BCUT2D eigenvalue weighted by atomic mass is 10.0. The molecule has 0 spiro atoms. The fourth-order valence-electron chi connectivity index (χ4n) is 3.70. The van der Waals surface area contributed by atoms with E-state index in [2.05, 4.69) is 31.0 Å². The second-order valence-corrected chi connectivity index (χ2v) is 8.60. The van der Waals surface area contributed by atoms with E-state index in [0.29, 0.717) is 0 Å². The van der Waals surface area contributed by atoms with E-state index in [9.17, 15) is 0 Å². The molecule has 0 aliphatic rings. The lowest BCUT2D eigenvalue weighted by Crippen LogP contribution is -2.32. The van der Waals surface area contributed by atoms with Gasteiger partial charge < -0.3 is 15.3 Å². The van der Waals surface area contributed by atoms with E-state index in [1.165, 1.54) is 129 Å². The van der Waals surface area contributed by atoms with E-state index in [-0.39, 0.29) is 0 Å². The number of rotatable bonds is 22. The average Bonchev–Trinajstić information content (AvgIpc) is 2.72. The fraction of sp³-hybridized carbons (Fsp3) is 0.962. The quantitative estimate of drug-likeness (QED) is 0.178. The monoisotopic (exact) mass is 428 g/mol. The van der Waals surface area contributed by atoms with Crippen LogP contribution < -0.4 is 5.32 Å². The van der Waals surface area contributed by atoms with Crippen molar-refractivity contribution < 1.29 is 9.90 Å². The standard InChI is InChI=1S/C24H52N2.C2H4O2/c1-4-7-8-9-10-11-12-13-14-15-16-17-18-19-20-21-22-25-23-24-26(5-2)6-3;1-2(3)4/h25H,4-24H2,1-3H3;1H3,(H,3,4). The summed E-state index contributed by atoms with van der Waals surface area (Å²) in [5.74, 6) is -0.833. The molecular weight excluding hydrogens is 372 g/mol. The predicted molar refractivity (Wildman–Crippen MR) is 134 cm³/mol. The number of aliphatic carboxylic acids is 1. The van der Waals surface area contributed by atoms with Crippen molar-refractivity contribution in [3.05, 3.63) is 0 Å².